The van der Waals surface area contributed by atoms with Crippen LogP contribution in [0.3, 0.4) is 0 Å². The summed E-state index contributed by atoms with van der Waals surface area (Å²) in [5.41, 5.74) is 2.17. The summed E-state index contributed by atoms with van der Waals surface area (Å²) in [4.78, 5) is 11.0. The Bertz CT molecular complexity index is 1450. The lowest BCUT2D eigenvalue weighted by molar-refractivity contribution is -0.384. The van der Waals surface area contributed by atoms with Crippen LogP contribution in [0.5, 0.6) is 5.75 Å². The maximum Gasteiger partial charge on any atom is 0.269 e. The molecule has 0 amide bonds. The highest BCUT2D eigenvalue weighted by atomic mass is 32.1. The summed E-state index contributed by atoms with van der Waals surface area (Å²) in [7, 11) is 0. The molecule has 7 nitrogen and oxygen atoms in total. The largest absolute Gasteiger partial charge is 0.508 e. The number of aromatic hydroxyl groups is 1. The summed E-state index contributed by atoms with van der Waals surface area (Å²) in [6, 6.07) is 26.7. The Morgan fingerprint density at radius 1 is 0.909 bits per heavy atom. The molecule has 0 saturated heterocycles. The first-order chi connectivity index (χ1) is 16.1. The van der Waals surface area contributed by atoms with E-state index in [1.807, 2.05) is 60.7 Å². The molecule has 8 heteroatoms. The summed E-state index contributed by atoms with van der Waals surface area (Å²) in [6.07, 6.45) is 0. The highest BCUT2D eigenvalue weighted by Crippen LogP contribution is 2.39. The van der Waals surface area contributed by atoms with Crippen molar-refractivity contribution in [2.75, 3.05) is 5.32 Å². The lowest BCUT2D eigenvalue weighted by Crippen LogP contribution is -2.13. The van der Waals surface area contributed by atoms with E-state index in [4.69, 9.17) is 0 Å². The van der Waals surface area contributed by atoms with Crippen LogP contribution in [0.25, 0.3) is 21.3 Å². The molecule has 162 valence electrons. The van der Waals surface area contributed by atoms with Gasteiger partial charge in [0.15, 0.2) is 0 Å². The second kappa shape index (κ2) is 8.68. The maximum atomic E-state index is 11.4. The Balaban J connectivity index is 1.64. The molecule has 5 aromatic rings. The van der Waals surface area contributed by atoms with Crippen molar-refractivity contribution in [3.8, 4) is 16.3 Å². The van der Waals surface area contributed by atoms with Crippen LogP contribution in [-0.4, -0.2) is 20.2 Å². The van der Waals surface area contributed by atoms with E-state index in [-0.39, 0.29) is 11.4 Å². The van der Waals surface area contributed by atoms with Gasteiger partial charge in [-0.2, -0.15) is 0 Å². The van der Waals surface area contributed by atoms with Crippen LogP contribution in [-0.2, 0) is 0 Å². The van der Waals surface area contributed by atoms with E-state index in [9.17, 15) is 15.2 Å². The number of hydrogen-bond acceptors (Lipinski definition) is 7. The van der Waals surface area contributed by atoms with Gasteiger partial charge in [0.05, 0.1) is 11.0 Å². The first kappa shape index (κ1) is 20.6. The van der Waals surface area contributed by atoms with E-state index in [0.29, 0.717) is 16.3 Å². The highest BCUT2D eigenvalue weighted by molar-refractivity contribution is 7.18. The molecule has 0 aliphatic heterocycles. The monoisotopic (exact) mass is 454 g/mol. The zero-order valence-electron chi connectivity index (χ0n) is 17.3. The third kappa shape index (κ3) is 4.11. The average Bonchev–Trinajstić information content (AvgIpc) is 3.32. The van der Waals surface area contributed by atoms with E-state index >= 15 is 0 Å². The Morgan fingerprint density at radius 2 is 1.70 bits per heavy atom. The number of phenolic OH excluding ortho intramolecular Hbond substituents is 1. The number of nitro benzene ring substituents is 1. The van der Waals surface area contributed by atoms with Gasteiger partial charge < -0.3 is 10.4 Å². The SMILES string of the molecule is O=[N+]([O-])c1cccc(C(Nc2nnc(-c3ccccc3)s2)c2c(O)ccc3ccccc23)c1. The Kier molecular flexibility index (Phi) is 5.42. The number of non-ortho nitro benzene ring substituents is 1. The lowest BCUT2D eigenvalue weighted by Gasteiger charge is -2.22. The molecular weight excluding hydrogens is 436 g/mol. The molecule has 1 unspecified atom stereocenters. The first-order valence-corrected chi connectivity index (χ1v) is 11.0. The molecular formula is C25H18N4O3S. The van der Waals surface area contributed by atoms with Crippen molar-refractivity contribution >= 4 is 32.9 Å². The van der Waals surface area contributed by atoms with Gasteiger partial charge in [0.1, 0.15) is 10.8 Å². The number of hydrogen-bond donors (Lipinski definition) is 2. The quantitative estimate of drug-likeness (QED) is 0.235. The van der Waals surface area contributed by atoms with Crippen molar-refractivity contribution in [1.29, 1.82) is 0 Å². The predicted octanol–water partition coefficient (Wildman–Crippen LogP) is 6.17. The number of fused-ring (bicyclic) bond motifs is 1. The van der Waals surface area contributed by atoms with Gasteiger partial charge in [-0.15, -0.1) is 10.2 Å². The minimum Gasteiger partial charge on any atom is -0.508 e. The van der Waals surface area contributed by atoms with Gasteiger partial charge in [-0.3, -0.25) is 10.1 Å². The zero-order valence-corrected chi connectivity index (χ0v) is 18.1. The third-order valence-electron chi connectivity index (χ3n) is 5.36. The summed E-state index contributed by atoms with van der Waals surface area (Å²) in [6.45, 7) is 0. The number of rotatable bonds is 6. The van der Waals surface area contributed by atoms with Gasteiger partial charge in [-0.25, -0.2) is 0 Å². The first-order valence-electron chi connectivity index (χ1n) is 10.2. The molecule has 0 fully saturated rings. The zero-order chi connectivity index (χ0) is 22.8. The summed E-state index contributed by atoms with van der Waals surface area (Å²) in [5, 5.41) is 37.3. The molecule has 0 radical (unpaired) electrons. The number of phenols is 1. The molecule has 2 N–H and O–H groups in total. The molecule has 1 atom stereocenters. The Hall–Kier alpha value is -4.30. The van der Waals surface area contributed by atoms with Gasteiger partial charge >= 0.3 is 0 Å². The number of anilines is 1. The lowest BCUT2D eigenvalue weighted by atomic mass is 9.92. The maximum absolute atomic E-state index is 11.4. The van der Waals surface area contributed by atoms with Crippen LogP contribution in [0, 0.1) is 10.1 Å². The fourth-order valence-corrected chi connectivity index (χ4v) is 4.61. The van der Waals surface area contributed by atoms with Gasteiger partial charge in [-0.05, 0) is 22.4 Å². The van der Waals surface area contributed by atoms with Crippen molar-refractivity contribution in [3.05, 3.63) is 112 Å². The predicted molar refractivity (Wildman–Crippen MR) is 130 cm³/mol. The van der Waals surface area contributed by atoms with Crippen LogP contribution in [0.4, 0.5) is 10.8 Å². The normalized spacial score (nSPS) is 11.9. The minimum absolute atomic E-state index is 0.0266. The number of benzene rings is 4. The van der Waals surface area contributed by atoms with Crippen LogP contribution in [0.15, 0.2) is 91.0 Å². The smallest absolute Gasteiger partial charge is 0.269 e. The third-order valence-corrected chi connectivity index (χ3v) is 6.27. The van der Waals surface area contributed by atoms with Gasteiger partial charge in [-0.1, -0.05) is 84.1 Å². The van der Waals surface area contributed by atoms with E-state index in [1.54, 1.807) is 18.2 Å². The van der Waals surface area contributed by atoms with Crippen molar-refractivity contribution in [2.24, 2.45) is 0 Å². The van der Waals surface area contributed by atoms with Crippen LogP contribution in [0.1, 0.15) is 17.2 Å². The number of nitrogens with one attached hydrogen (secondary N) is 1. The van der Waals surface area contributed by atoms with Crippen molar-refractivity contribution < 1.29 is 10.0 Å². The molecule has 0 aliphatic carbocycles. The van der Waals surface area contributed by atoms with Gasteiger partial charge in [0.2, 0.25) is 5.13 Å². The van der Waals surface area contributed by atoms with E-state index in [2.05, 4.69) is 15.5 Å². The van der Waals surface area contributed by atoms with Crippen LogP contribution in [0.2, 0.25) is 0 Å². The highest BCUT2D eigenvalue weighted by Gasteiger charge is 2.24. The van der Waals surface area contributed by atoms with Crippen molar-refractivity contribution in [1.82, 2.24) is 10.2 Å². The number of aromatic nitrogens is 2. The second-order valence-electron chi connectivity index (χ2n) is 7.43. The molecule has 4 aromatic carbocycles. The summed E-state index contributed by atoms with van der Waals surface area (Å²) >= 11 is 1.38. The summed E-state index contributed by atoms with van der Waals surface area (Å²) < 4.78 is 0. The molecule has 5 rings (SSSR count). The van der Waals surface area contributed by atoms with Crippen molar-refractivity contribution in [3.63, 3.8) is 0 Å². The Morgan fingerprint density at radius 3 is 2.52 bits per heavy atom. The fraction of sp³-hybridized carbons (Fsp3) is 0.0400. The fourth-order valence-electron chi connectivity index (χ4n) is 3.83. The van der Waals surface area contributed by atoms with Gasteiger partial charge in [0, 0.05) is 23.3 Å². The van der Waals surface area contributed by atoms with E-state index in [0.717, 1.165) is 21.3 Å². The van der Waals surface area contributed by atoms with Crippen LogP contribution < -0.4 is 5.32 Å². The average molecular weight is 455 g/mol. The van der Waals surface area contributed by atoms with Crippen molar-refractivity contribution in [2.45, 2.75) is 6.04 Å². The topological polar surface area (TPSA) is 101 Å². The number of nitro groups is 1. The molecule has 1 aromatic heterocycles. The van der Waals surface area contributed by atoms with Crippen LogP contribution >= 0.6 is 11.3 Å². The molecule has 0 aliphatic rings. The van der Waals surface area contributed by atoms with E-state index < -0.39 is 11.0 Å². The molecule has 0 spiro atoms. The minimum atomic E-state index is -0.590. The molecule has 0 bridgehead atoms. The van der Waals surface area contributed by atoms with Gasteiger partial charge in [0.25, 0.3) is 5.69 Å². The molecule has 1 heterocycles. The Labute approximate surface area is 193 Å². The number of nitrogens with zero attached hydrogens (tertiary/aromatic N) is 3. The van der Waals surface area contributed by atoms with E-state index in [1.165, 1.54) is 23.5 Å². The molecule has 33 heavy (non-hydrogen) atoms. The molecule has 0 saturated carbocycles. The standard InChI is InChI=1S/C25H18N4O3S/c30-21-14-13-16-7-4-5-12-20(16)22(21)23(18-10-6-11-19(15-18)29(31)32)26-25-28-27-24(33-25)17-8-2-1-3-9-17/h1-15,23,30H,(H,26,28). The summed E-state index contributed by atoms with van der Waals surface area (Å²) in [5.74, 6) is 0.0884. The second-order valence-corrected chi connectivity index (χ2v) is 8.40.